The fraction of sp³-hybridized carbons (Fsp3) is 0.0278. The van der Waals surface area contributed by atoms with E-state index >= 15 is 0 Å². The van der Waals surface area contributed by atoms with Crippen LogP contribution >= 0.6 is 11.3 Å². The molecule has 0 fully saturated rings. The van der Waals surface area contributed by atoms with Gasteiger partial charge in [-0.1, -0.05) is 72.8 Å². The molecule has 3 heteroatoms. The van der Waals surface area contributed by atoms with Crippen LogP contribution in [0, 0.1) is 0 Å². The number of fused-ring (bicyclic) bond motifs is 7. The molecule has 0 radical (unpaired) electrons. The van der Waals surface area contributed by atoms with Gasteiger partial charge in [-0.15, -0.1) is 17.9 Å². The normalized spacial score (nSPS) is 11.3. The van der Waals surface area contributed by atoms with E-state index in [2.05, 4.69) is 120 Å². The molecule has 3 aromatic heterocycles. The highest BCUT2D eigenvalue weighted by Crippen LogP contribution is 2.40. The van der Waals surface area contributed by atoms with Crippen LogP contribution < -0.4 is 0 Å². The highest BCUT2D eigenvalue weighted by Gasteiger charge is 2.16. The van der Waals surface area contributed by atoms with Crippen LogP contribution in [-0.2, 0) is 0 Å². The molecule has 2 nitrogen and oxygen atoms in total. The molecule has 8 aromatic rings. The van der Waals surface area contributed by atoms with Gasteiger partial charge in [-0.2, -0.15) is 0 Å². The first kappa shape index (κ1) is 23.4. The van der Waals surface area contributed by atoms with Gasteiger partial charge in [-0.25, -0.2) is 0 Å². The minimum atomic E-state index is 1.04. The van der Waals surface area contributed by atoms with Crippen molar-refractivity contribution in [2.45, 2.75) is 6.92 Å². The van der Waals surface area contributed by atoms with Gasteiger partial charge in [0.1, 0.15) is 0 Å². The number of rotatable bonds is 2. The minimum Gasteiger partial charge on any atom is -0.308 e. The van der Waals surface area contributed by atoms with Gasteiger partial charge in [-0.05, 0) is 77.4 Å². The average molecular weight is 519 g/mol. The molecule has 39 heavy (non-hydrogen) atoms. The lowest BCUT2D eigenvalue weighted by atomic mass is 10.0. The number of pyridine rings is 1. The lowest BCUT2D eigenvalue weighted by Gasteiger charge is -2.10. The standard InChI is InChI=1S/C33H20N2S.C3H6/c1-2-7-23-18-24(12-11-21(23)6-1)22-13-15-25(16-14-22)35-29-9-5-17-34-33(29)28-19-27-26-8-3-4-10-31(26)36-32(27)20-30(28)35;1-3-2/h1-20H;3H,1H2,2H3. The SMILES string of the molecule is C=CC.c1ccc2cc(-c3ccc(-n4c5cc6sc7ccccc7c6cc5c5ncccc54)cc3)ccc2c1. The third-order valence-electron chi connectivity index (χ3n) is 7.23. The van der Waals surface area contributed by atoms with E-state index in [1.165, 1.54) is 53.0 Å². The topological polar surface area (TPSA) is 17.8 Å². The Hall–Kier alpha value is -4.73. The van der Waals surface area contributed by atoms with Gasteiger partial charge in [0.15, 0.2) is 0 Å². The zero-order chi connectivity index (χ0) is 26.3. The molecular weight excluding hydrogens is 492 g/mol. The summed E-state index contributed by atoms with van der Waals surface area (Å²) in [4.78, 5) is 4.80. The largest absolute Gasteiger partial charge is 0.308 e. The van der Waals surface area contributed by atoms with Crippen molar-refractivity contribution in [3.63, 3.8) is 0 Å². The Balaban J connectivity index is 0.000000809. The molecule has 0 spiro atoms. The summed E-state index contributed by atoms with van der Waals surface area (Å²) in [5.41, 5.74) is 6.97. The molecule has 0 aliphatic carbocycles. The van der Waals surface area contributed by atoms with Crippen LogP contribution in [0.1, 0.15) is 6.92 Å². The fourth-order valence-electron chi connectivity index (χ4n) is 5.50. The van der Waals surface area contributed by atoms with Crippen molar-refractivity contribution in [3.8, 4) is 16.8 Å². The second-order valence-electron chi connectivity index (χ2n) is 9.69. The zero-order valence-corrected chi connectivity index (χ0v) is 22.5. The Labute approximate surface area is 231 Å². The molecule has 0 saturated heterocycles. The van der Waals surface area contributed by atoms with Gasteiger partial charge in [0.05, 0.1) is 16.6 Å². The van der Waals surface area contributed by atoms with Crippen molar-refractivity contribution < 1.29 is 0 Å². The van der Waals surface area contributed by atoms with Crippen molar-refractivity contribution in [3.05, 3.63) is 134 Å². The molecule has 0 aliphatic rings. The Morgan fingerprint density at radius 2 is 1.38 bits per heavy atom. The lowest BCUT2D eigenvalue weighted by molar-refractivity contribution is 1.18. The molecule has 3 heterocycles. The summed E-state index contributed by atoms with van der Waals surface area (Å²) in [6.07, 6.45) is 3.64. The molecule has 5 aromatic carbocycles. The van der Waals surface area contributed by atoms with Crippen molar-refractivity contribution in [2.24, 2.45) is 0 Å². The van der Waals surface area contributed by atoms with Crippen molar-refractivity contribution >= 4 is 64.2 Å². The molecule has 0 unspecified atom stereocenters. The van der Waals surface area contributed by atoms with Crippen LogP contribution in [0.15, 0.2) is 134 Å². The number of allylic oxidation sites excluding steroid dienone is 1. The highest BCUT2D eigenvalue weighted by molar-refractivity contribution is 7.25. The van der Waals surface area contributed by atoms with Gasteiger partial charge in [0.25, 0.3) is 0 Å². The van der Waals surface area contributed by atoms with Crippen LogP contribution in [0.4, 0.5) is 0 Å². The van der Waals surface area contributed by atoms with Crippen LogP contribution in [0.2, 0.25) is 0 Å². The first-order chi connectivity index (χ1) is 19.2. The van der Waals surface area contributed by atoms with E-state index in [9.17, 15) is 0 Å². The second kappa shape index (κ2) is 9.54. The molecule has 0 N–H and O–H groups in total. The molecule has 0 aliphatic heterocycles. The van der Waals surface area contributed by atoms with Gasteiger partial charge < -0.3 is 4.57 Å². The van der Waals surface area contributed by atoms with Crippen molar-refractivity contribution in [1.82, 2.24) is 9.55 Å². The Bertz CT molecular complexity index is 2150. The van der Waals surface area contributed by atoms with Crippen molar-refractivity contribution in [2.75, 3.05) is 0 Å². The van der Waals surface area contributed by atoms with E-state index in [4.69, 9.17) is 4.98 Å². The average Bonchev–Trinajstić information content (AvgIpc) is 3.51. The number of hydrogen-bond acceptors (Lipinski definition) is 2. The summed E-state index contributed by atoms with van der Waals surface area (Å²) >= 11 is 1.86. The molecule has 0 bridgehead atoms. The highest BCUT2D eigenvalue weighted by atomic mass is 32.1. The fourth-order valence-corrected chi connectivity index (χ4v) is 6.62. The maximum absolute atomic E-state index is 4.80. The molecule has 8 rings (SSSR count). The third-order valence-corrected chi connectivity index (χ3v) is 8.36. The third kappa shape index (κ3) is 3.91. The summed E-state index contributed by atoms with van der Waals surface area (Å²) in [7, 11) is 0. The van der Waals surface area contributed by atoms with E-state index in [1.54, 1.807) is 6.08 Å². The Morgan fingerprint density at radius 3 is 2.23 bits per heavy atom. The Kier molecular flexibility index (Phi) is 5.72. The van der Waals surface area contributed by atoms with E-state index in [1.807, 2.05) is 30.5 Å². The molecule has 0 atom stereocenters. The maximum Gasteiger partial charge on any atom is 0.0963 e. The van der Waals surface area contributed by atoms with Crippen LogP contribution in [0.3, 0.4) is 0 Å². The first-order valence-corrected chi connectivity index (χ1v) is 13.9. The number of benzene rings is 5. The molecule has 186 valence electrons. The number of hydrogen-bond donors (Lipinski definition) is 0. The summed E-state index contributed by atoms with van der Waals surface area (Å²) in [6, 6.07) is 41.6. The predicted molar refractivity (Wildman–Crippen MR) is 170 cm³/mol. The molecular formula is C36H26N2S. The summed E-state index contributed by atoms with van der Waals surface area (Å²) < 4.78 is 4.98. The van der Waals surface area contributed by atoms with Crippen LogP contribution in [-0.4, -0.2) is 9.55 Å². The summed E-state index contributed by atoms with van der Waals surface area (Å²) in [5.74, 6) is 0. The molecule has 0 saturated carbocycles. The maximum atomic E-state index is 4.80. The second-order valence-corrected chi connectivity index (χ2v) is 10.8. The minimum absolute atomic E-state index is 1.04. The summed E-state index contributed by atoms with van der Waals surface area (Å²) in [5, 5.41) is 6.35. The monoisotopic (exact) mass is 518 g/mol. The van der Waals surface area contributed by atoms with Gasteiger partial charge in [0, 0.05) is 37.4 Å². The molecule has 0 amide bonds. The number of aromatic nitrogens is 2. The lowest BCUT2D eigenvalue weighted by Crippen LogP contribution is -1.93. The predicted octanol–water partition coefficient (Wildman–Crippen LogP) is 10.6. The Morgan fingerprint density at radius 1 is 0.641 bits per heavy atom. The van der Waals surface area contributed by atoms with E-state index in [0.717, 1.165) is 16.7 Å². The van der Waals surface area contributed by atoms with Crippen LogP contribution in [0.25, 0.3) is 69.7 Å². The first-order valence-electron chi connectivity index (χ1n) is 13.1. The quantitative estimate of drug-likeness (QED) is 0.208. The van der Waals surface area contributed by atoms with E-state index in [0.29, 0.717) is 0 Å². The van der Waals surface area contributed by atoms with E-state index in [-0.39, 0.29) is 0 Å². The van der Waals surface area contributed by atoms with Crippen LogP contribution in [0.5, 0.6) is 0 Å². The van der Waals surface area contributed by atoms with Gasteiger partial charge in [-0.3, -0.25) is 4.98 Å². The van der Waals surface area contributed by atoms with Crippen molar-refractivity contribution in [1.29, 1.82) is 0 Å². The smallest absolute Gasteiger partial charge is 0.0963 e. The zero-order valence-electron chi connectivity index (χ0n) is 21.6. The number of nitrogens with zero attached hydrogens (tertiary/aromatic N) is 2. The van der Waals surface area contributed by atoms with E-state index < -0.39 is 0 Å². The van der Waals surface area contributed by atoms with Gasteiger partial charge in [0.2, 0.25) is 0 Å². The summed E-state index contributed by atoms with van der Waals surface area (Å²) in [6.45, 7) is 5.25. The number of thiophene rings is 1. The van der Waals surface area contributed by atoms with Gasteiger partial charge >= 0.3 is 0 Å².